The van der Waals surface area contributed by atoms with E-state index < -0.39 is 35.8 Å². The van der Waals surface area contributed by atoms with Crippen LogP contribution in [0.1, 0.15) is 53.3 Å². The summed E-state index contributed by atoms with van der Waals surface area (Å²) in [7, 11) is 0. The standard InChI is InChI=1S/C20H21N3O6.2H2S/c1-2-29-20(28)15-8-5-11-21-16(24)10-9-14(19(27)23(15)21)22-17(25)12-6-3-4-7-13(12)18(22)26;;/h3-4,6-7,14-15H,2,5,8-11H2,1H3;2*1H2/t14-,15-;;/m0../s1. The molecule has 2 saturated heterocycles. The molecule has 0 unspecified atom stereocenters. The van der Waals surface area contributed by atoms with Crippen molar-refractivity contribution < 1.29 is 28.7 Å². The Morgan fingerprint density at radius 1 is 1.03 bits per heavy atom. The average molecular weight is 468 g/mol. The summed E-state index contributed by atoms with van der Waals surface area (Å²) in [6, 6.07) is 4.28. The molecule has 2 fully saturated rings. The second-order valence-electron chi connectivity index (χ2n) is 7.19. The molecule has 1 aromatic carbocycles. The number of rotatable bonds is 3. The Morgan fingerprint density at radius 2 is 1.65 bits per heavy atom. The molecule has 0 saturated carbocycles. The number of ether oxygens (including phenoxy) is 1. The number of fused-ring (bicyclic) bond motifs is 2. The Balaban J connectivity index is 0.00000171. The molecule has 0 radical (unpaired) electrons. The third-order valence-electron chi connectivity index (χ3n) is 5.53. The van der Waals surface area contributed by atoms with Gasteiger partial charge < -0.3 is 4.74 Å². The highest BCUT2D eigenvalue weighted by molar-refractivity contribution is 7.59. The molecule has 0 spiro atoms. The van der Waals surface area contributed by atoms with Crippen LogP contribution in [-0.4, -0.2) is 69.8 Å². The first-order valence-electron chi connectivity index (χ1n) is 9.72. The van der Waals surface area contributed by atoms with Crippen molar-refractivity contribution in [1.82, 2.24) is 14.9 Å². The van der Waals surface area contributed by atoms with Gasteiger partial charge >= 0.3 is 5.97 Å². The normalized spacial score (nSPS) is 22.8. The Labute approximate surface area is 193 Å². The Hall–Kier alpha value is -2.53. The van der Waals surface area contributed by atoms with Crippen LogP contribution in [-0.2, 0) is 19.1 Å². The fourth-order valence-electron chi connectivity index (χ4n) is 4.20. The van der Waals surface area contributed by atoms with Crippen LogP contribution in [0.15, 0.2) is 24.3 Å². The lowest BCUT2D eigenvalue weighted by Crippen LogP contribution is -2.62. The summed E-state index contributed by atoms with van der Waals surface area (Å²) >= 11 is 0. The average Bonchev–Trinajstić information content (AvgIpc) is 2.90. The van der Waals surface area contributed by atoms with Gasteiger partial charge in [-0.25, -0.2) is 9.80 Å². The molecule has 9 nitrogen and oxygen atoms in total. The largest absolute Gasteiger partial charge is 0.464 e. The lowest BCUT2D eigenvalue weighted by atomic mass is 10.1. The van der Waals surface area contributed by atoms with Crippen molar-refractivity contribution >= 4 is 56.6 Å². The minimum Gasteiger partial charge on any atom is -0.464 e. The molecule has 0 bridgehead atoms. The monoisotopic (exact) mass is 467 g/mol. The van der Waals surface area contributed by atoms with E-state index >= 15 is 0 Å². The van der Waals surface area contributed by atoms with E-state index in [4.69, 9.17) is 4.74 Å². The molecule has 3 aliphatic rings. The molecule has 4 rings (SSSR count). The topological polar surface area (TPSA) is 104 Å². The fraction of sp³-hybridized carbons (Fsp3) is 0.450. The van der Waals surface area contributed by atoms with Crippen molar-refractivity contribution in [2.24, 2.45) is 0 Å². The molecule has 11 heteroatoms. The van der Waals surface area contributed by atoms with Crippen molar-refractivity contribution in [3.63, 3.8) is 0 Å². The summed E-state index contributed by atoms with van der Waals surface area (Å²) in [6.45, 7) is 2.11. The molecule has 1 aromatic rings. The van der Waals surface area contributed by atoms with Gasteiger partial charge in [0.15, 0.2) is 6.04 Å². The first-order chi connectivity index (χ1) is 14.0. The van der Waals surface area contributed by atoms with Crippen LogP contribution in [0.2, 0.25) is 0 Å². The first-order valence-corrected chi connectivity index (χ1v) is 9.72. The summed E-state index contributed by atoms with van der Waals surface area (Å²) in [5.41, 5.74) is 0.469. The van der Waals surface area contributed by atoms with E-state index in [1.165, 1.54) is 17.1 Å². The third kappa shape index (κ3) is 4.03. The number of hydrazine groups is 1. The van der Waals surface area contributed by atoms with E-state index in [9.17, 15) is 24.0 Å². The second kappa shape index (κ2) is 9.73. The quantitative estimate of drug-likeness (QED) is 0.485. The maximum Gasteiger partial charge on any atom is 0.330 e. The van der Waals surface area contributed by atoms with Gasteiger partial charge in [-0.05, 0) is 38.3 Å². The van der Waals surface area contributed by atoms with Crippen LogP contribution in [0.3, 0.4) is 0 Å². The molecule has 3 aliphatic heterocycles. The van der Waals surface area contributed by atoms with Gasteiger partial charge in [-0.2, -0.15) is 27.0 Å². The van der Waals surface area contributed by atoms with Crippen molar-refractivity contribution in [3.8, 4) is 0 Å². The van der Waals surface area contributed by atoms with Crippen molar-refractivity contribution in [3.05, 3.63) is 35.4 Å². The summed E-state index contributed by atoms with van der Waals surface area (Å²) in [4.78, 5) is 65.2. The summed E-state index contributed by atoms with van der Waals surface area (Å²) in [6.07, 6.45) is 0.918. The van der Waals surface area contributed by atoms with Gasteiger partial charge in [0.25, 0.3) is 17.7 Å². The van der Waals surface area contributed by atoms with Gasteiger partial charge in [-0.15, -0.1) is 0 Å². The van der Waals surface area contributed by atoms with Gasteiger partial charge in [0.2, 0.25) is 5.91 Å². The maximum atomic E-state index is 13.5. The zero-order valence-electron chi connectivity index (χ0n) is 17.0. The Morgan fingerprint density at radius 3 is 2.23 bits per heavy atom. The van der Waals surface area contributed by atoms with Crippen molar-refractivity contribution in [2.45, 2.75) is 44.7 Å². The van der Waals surface area contributed by atoms with E-state index in [1.54, 1.807) is 19.1 Å². The van der Waals surface area contributed by atoms with Crippen molar-refractivity contribution in [1.29, 1.82) is 0 Å². The number of hydrogen-bond acceptors (Lipinski definition) is 6. The molecule has 0 N–H and O–H groups in total. The van der Waals surface area contributed by atoms with Crippen LogP contribution >= 0.6 is 27.0 Å². The van der Waals surface area contributed by atoms with Crippen LogP contribution < -0.4 is 0 Å². The minimum absolute atomic E-state index is 0. The number of imide groups is 1. The fourth-order valence-corrected chi connectivity index (χ4v) is 4.20. The first kappa shape index (κ1) is 24.7. The smallest absolute Gasteiger partial charge is 0.330 e. The molecule has 0 aliphatic carbocycles. The SMILES string of the molecule is CCOC(=O)[C@@H]1CCCN2C(=O)CC[C@H](N3C(=O)c4ccccc4C3=O)C(=O)N12.S.S. The number of carbonyl (C=O) groups is 5. The summed E-state index contributed by atoms with van der Waals surface area (Å²) in [5, 5.41) is 2.39. The number of hydrogen-bond donors (Lipinski definition) is 0. The predicted octanol–water partition coefficient (Wildman–Crippen LogP) is 0.968. The number of carbonyl (C=O) groups excluding carboxylic acids is 5. The number of esters is 1. The van der Waals surface area contributed by atoms with Gasteiger partial charge in [0, 0.05) is 13.0 Å². The van der Waals surface area contributed by atoms with E-state index in [1.807, 2.05) is 0 Å². The zero-order valence-corrected chi connectivity index (χ0v) is 19.0. The number of amides is 4. The minimum atomic E-state index is -1.15. The van der Waals surface area contributed by atoms with E-state index in [2.05, 4.69) is 0 Å². The number of nitrogens with zero attached hydrogens (tertiary/aromatic N) is 3. The lowest BCUT2D eigenvalue weighted by molar-refractivity contribution is -0.183. The van der Waals surface area contributed by atoms with E-state index in [0.29, 0.717) is 19.4 Å². The van der Waals surface area contributed by atoms with E-state index in [0.717, 1.165) is 9.91 Å². The molecule has 3 heterocycles. The molecule has 2 atom stereocenters. The summed E-state index contributed by atoms with van der Waals surface area (Å²) in [5.74, 6) is -2.64. The Kier molecular flexibility index (Phi) is 7.77. The molecular formula is C20H25N3O6S2. The van der Waals surface area contributed by atoms with Crippen LogP contribution in [0.5, 0.6) is 0 Å². The molecule has 4 amide bonds. The molecule has 168 valence electrons. The van der Waals surface area contributed by atoms with Crippen LogP contribution in [0, 0.1) is 0 Å². The molecule has 31 heavy (non-hydrogen) atoms. The highest BCUT2D eigenvalue weighted by Crippen LogP contribution is 2.31. The second-order valence-corrected chi connectivity index (χ2v) is 7.19. The summed E-state index contributed by atoms with van der Waals surface area (Å²) < 4.78 is 5.09. The van der Waals surface area contributed by atoms with E-state index in [-0.39, 0.29) is 63.5 Å². The van der Waals surface area contributed by atoms with Gasteiger partial charge in [-0.1, -0.05) is 12.1 Å². The van der Waals surface area contributed by atoms with Gasteiger partial charge in [0.05, 0.1) is 17.7 Å². The van der Waals surface area contributed by atoms with Crippen molar-refractivity contribution in [2.75, 3.05) is 13.2 Å². The number of benzene rings is 1. The van der Waals surface area contributed by atoms with Gasteiger partial charge in [0.1, 0.15) is 6.04 Å². The van der Waals surface area contributed by atoms with Crippen LogP contribution in [0.25, 0.3) is 0 Å². The highest BCUT2D eigenvalue weighted by atomic mass is 32.1. The zero-order chi connectivity index (χ0) is 20.7. The van der Waals surface area contributed by atoms with Gasteiger partial charge in [-0.3, -0.25) is 29.1 Å². The molecule has 0 aromatic heterocycles. The highest BCUT2D eigenvalue weighted by Gasteiger charge is 2.50. The lowest BCUT2D eigenvalue weighted by Gasteiger charge is -2.42. The Bertz CT molecular complexity index is 889. The van der Waals surface area contributed by atoms with Crippen LogP contribution in [0.4, 0.5) is 0 Å². The predicted molar refractivity (Wildman–Crippen MR) is 119 cm³/mol. The maximum absolute atomic E-state index is 13.5. The third-order valence-corrected chi connectivity index (χ3v) is 5.53. The molecular weight excluding hydrogens is 442 g/mol.